The molecule has 0 fully saturated rings. The summed E-state index contributed by atoms with van der Waals surface area (Å²) in [6, 6.07) is 5.50. The number of hydrogen-bond acceptors (Lipinski definition) is 10. The number of H-pyrrole nitrogens is 1. The molecular weight excluding hydrogens is 557 g/mol. The lowest BCUT2D eigenvalue weighted by molar-refractivity contribution is -0.192. The van der Waals surface area contributed by atoms with Gasteiger partial charge in [-0.15, -0.1) is 11.3 Å². The van der Waals surface area contributed by atoms with Crippen molar-refractivity contribution < 1.29 is 27.9 Å². The Labute approximate surface area is 217 Å². The van der Waals surface area contributed by atoms with E-state index in [0.717, 1.165) is 10.9 Å². The topological polar surface area (TPSA) is 159 Å². The second kappa shape index (κ2) is 10.9. The summed E-state index contributed by atoms with van der Waals surface area (Å²) in [6.45, 7) is 0. The molecule has 190 valence electrons. The number of fused-ring (bicyclic) bond motifs is 1. The lowest BCUT2D eigenvalue weighted by Gasteiger charge is -2.05. The SMILES string of the molecule is O=C(Nc1cncc(-c2nsc(Nc3ccc4[nH]ncc4c3Cl)n2)c1)c1cncs1.O=C(O)C(F)(F)F. The molecule has 11 nitrogen and oxygen atoms in total. The largest absolute Gasteiger partial charge is 0.490 e. The molecule has 37 heavy (non-hydrogen) atoms. The molecule has 4 heterocycles. The Kier molecular flexibility index (Phi) is 7.61. The molecule has 0 saturated heterocycles. The van der Waals surface area contributed by atoms with E-state index >= 15 is 0 Å². The quantitative estimate of drug-likeness (QED) is 0.223. The van der Waals surface area contributed by atoms with Gasteiger partial charge < -0.3 is 15.7 Å². The number of amides is 1. The zero-order valence-corrected chi connectivity index (χ0v) is 20.3. The highest BCUT2D eigenvalue weighted by atomic mass is 35.5. The van der Waals surface area contributed by atoms with Gasteiger partial charge in [0.15, 0.2) is 5.82 Å². The number of pyridine rings is 1. The number of nitrogens with zero attached hydrogens (tertiary/aromatic N) is 5. The number of rotatable bonds is 5. The van der Waals surface area contributed by atoms with Gasteiger partial charge in [0.2, 0.25) is 5.13 Å². The fourth-order valence-corrected chi connectivity index (χ4v) is 4.12. The summed E-state index contributed by atoms with van der Waals surface area (Å²) in [5.74, 6) is -2.51. The third kappa shape index (κ3) is 6.35. The van der Waals surface area contributed by atoms with E-state index in [2.05, 4.69) is 40.2 Å². The van der Waals surface area contributed by atoms with Gasteiger partial charge in [0, 0.05) is 28.7 Å². The van der Waals surface area contributed by atoms with Crippen molar-refractivity contribution in [3.05, 3.63) is 58.4 Å². The number of aromatic amines is 1. The molecule has 0 aliphatic carbocycles. The van der Waals surface area contributed by atoms with Gasteiger partial charge in [-0.1, -0.05) is 11.6 Å². The molecule has 0 atom stereocenters. The maximum absolute atomic E-state index is 12.2. The van der Waals surface area contributed by atoms with Crippen LogP contribution in [0.15, 0.2) is 48.5 Å². The van der Waals surface area contributed by atoms with E-state index in [1.807, 2.05) is 12.1 Å². The van der Waals surface area contributed by atoms with Crippen LogP contribution in [0.1, 0.15) is 9.67 Å². The van der Waals surface area contributed by atoms with Gasteiger partial charge in [0.05, 0.1) is 46.0 Å². The number of aromatic nitrogens is 6. The van der Waals surface area contributed by atoms with Gasteiger partial charge in [0.1, 0.15) is 4.88 Å². The van der Waals surface area contributed by atoms with Crippen molar-refractivity contribution >= 4 is 73.8 Å². The molecule has 17 heteroatoms. The highest BCUT2D eigenvalue weighted by Gasteiger charge is 2.38. The van der Waals surface area contributed by atoms with E-state index in [-0.39, 0.29) is 5.91 Å². The van der Waals surface area contributed by atoms with Crippen LogP contribution in [0.25, 0.3) is 22.3 Å². The second-order valence-electron chi connectivity index (χ2n) is 6.89. The maximum Gasteiger partial charge on any atom is 0.490 e. The molecule has 0 aliphatic rings. The van der Waals surface area contributed by atoms with Crippen molar-refractivity contribution in [2.45, 2.75) is 6.18 Å². The fourth-order valence-electron chi connectivity index (χ4n) is 2.74. The van der Waals surface area contributed by atoms with Gasteiger partial charge >= 0.3 is 12.1 Å². The van der Waals surface area contributed by atoms with Crippen LogP contribution in [0.2, 0.25) is 5.02 Å². The minimum atomic E-state index is -5.08. The molecule has 5 aromatic rings. The number of alkyl halides is 3. The van der Waals surface area contributed by atoms with Gasteiger partial charge in [-0.2, -0.15) is 27.6 Å². The van der Waals surface area contributed by atoms with Crippen LogP contribution >= 0.6 is 34.5 Å². The minimum absolute atomic E-state index is 0.241. The zero-order valence-electron chi connectivity index (χ0n) is 17.9. The van der Waals surface area contributed by atoms with E-state index in [1.165, 1.54) is 29.1 Å². The number of anilines is 3. The Balaban J connectivity index is 0.000000405. The van der Waals surface area contributed by atoms with Crippen LogP contribution in [-0.4, -0.2) is 52.7 Å². The molecule has 1 amide bonds. The molecule has 0 aliphatic heterocycles. The average Bonchev–Trinajstić information content (AvgIpc) is 3.63. The van der Waals surface area contributed by atoms with Crippen LogP contribution in [0, 0.1) is 0 Å². The summed E-state index contributed by atoms with van der Waals surface area (Å²) in [5, 5.41) is 21.9. The normalized spacial score (nSPS) is 11.0. The van der Waals surface area contributed by atoms with E-state index in [1.54, 1.807) is 30.2 Å². The summed E-state index contributed by atoms with van der Waals surface area (Å²) >= 11 is 8.91. The molecule has 4 aromatic heterocycles. The Morgan fingerprint density at radius 3 is 2.59 bits per heavy atom. The number of carboxylic acid groups (broad SMARTS) is 1. The lowest BCUT2D eigenvalue weighted by atomic mass is 10.2. The van der Waals surface area contributed by atoms with Crippen LogP contribution in [0.4, 0.5) is 29.7 Å². The minimum Gasteiger partial charge on any atom is -0.475 e. The maximum atomic E-state index is 12.2. The molecular formula is C20H12ClF3N8O3S2. The highest BCUT2D eigenvalue weighted by Crippen LogP contribution is 2.33. The molecule has 0 unspecified atom stereocenters. The Bertz CT molecular complexity index is 1560. The Hall–Kier alpha value is -4.15. The summed E-state index contributed by atoms with van der Waals surface area (Å²) in [6.07, 6.45) is 1.31. The van der Waals surface area contributed by atoms with Crippen molar-refractivity contribution in [2.75, 3.05) is 10.6 Å². The second-order valence-corrected chi connectivity index (χ2v) is 8.91. The van der Waals surface area contributed by atoms with E-state index < -0.39 is 12.1 Å². The predicted octanol–water partition coefficient (Wildman–Crippen LogP) is 5.22. The number of carbonyl (C=O) groups is 2. The summed E-state index contributed by atoms with van der Waals surface area (Å²) in [4.78, 5) is 34.2. The van der Waals surface area contributed by atoms with Crippen molar-refractivity contribution in [2.24, 2.45) is 0 Å². The Morgan fingerprint density at radius 2 is 1.89 bits per heavy atom. The third-order valence-corrected chi connectivity index (χ3v) is 6.19. The van der Waals surface area contributed by atoms with Gasteiger partial charge in [-0.3, -0.25) is 19.9 Å². The first-order valence-corrected chi connectivity index (χ1v) is 11.8. The van der Waals surface area contributed by atoms with Crippen molar-refractivity contribution in [3.63, 3.8) is 0 Å². The van der Waals surface area contributed by atoms with Crippen LogP contribution in [-0.2, 0) is 4.79 Å². The monoisotopic (exact) mass is 568 g/mol. The summed E-state index contributed by atoms with van der Waals surface area (Å²) < 4.78 is 36.1. The number of hydrogen-bond donors (Lipinski definition) is 4. The molecule has 0 radical (unpaired) electrons. The van der Waals surface area contributed by atoms with Crippen molar-refractivity contribution in [1.82, 2.24) is 29.5 Å². The number of carboxylic acids is 1. The summed E-state index contributed by atoms with van der Waals surface area (Å²) in [7, 11) is 0. The predicted molar refractivity (Wildman–Crippen MR) is 131 cm³/mol. The van der Waals surface area contributed by atoms with Gasteiger partial charge in [-0.25, -0.2) is 4.79 Å². The van der Waals surface area contributed by atoms with Crippen molar-refractivity contribution in [1.29, 1.82) is 0 Å². The van der Waals surface area contributed by atoms with Crippen LogP contribution < -0.4 is 10.6 Å². The molecule has 0 spiro atoms. The van der Waals surface area contributed by atoms with E-state index in [0.29, 0.717) is 37.8 Å². The average molecular weight is 569 g/mol. The number of aliphatic carboxylic acids is 1. The number of carbonyl (C=O) groups excluding carboxylic acids is 1. The number of thiazole rings is 1. The molecule has 0 bridgehead atoms. The van der Waals surface area contributed by atoms with Crippen LogP contribution in [0.5, 0.6) is 0 Å². The van der Waals surface area contributed by atoms with Crippen molar-refractivity contribution in [3.8, 4) is 11.4 Å². The first kappa shape index (κ1) is 25.9. The molecule has 1 aromatic carbocycles. The smallest absolute Gasteiger partial charge is 0.475 e. The third-order valence-electron chi connectivity index (χ3n) is 4.38. The number of benzene rings is 1. The lowest BCUT2D eigenvalue weighted by Crippen LogP contribution is -2.21. The van der Waals surface area contributed by atoms with E-state index in [9.17, 15) is 18.0 Å². The number of halogens is 4. The summed E-state index contributed by atoms with van der Waals surface area (Å²) in [5.41, 5.74) is 4.39. The Morgan fingerprint density at radius 1 is 1.11 bits per heavy atom. The molecule has 4 N–H and O–H groups in total. The molecule has 0 saturated carbocycles. The zero-order chi connectivity index (χ0) is 26.6. The van der Waals surface area contributed by atoms with E-state index in [4.69, 9.17) is 21.5 Å². The highest BCUT2D eigenvalue weighted by molar-refractivity contribution is 7.11. The van der Waals surface area contributed by atoms with Crippen LogP contribution in [0.3, 0.4) is 0 Å². The van der Waals surface area contributed by atoms with Gasteiger partial charge in [-0.05, 0) is 18.2 Å². The molecule has 5 rings (SSSR count). The first-order chi connectivity index (χ1) is 17.6. The van der Waals surface area contributed by atoms with Gasteiger partial charge in [0.25, 0.3) is 5.91 Å². The standard InChI is InChI=1S/C18H11ClN8OS2.C2HF3O2/c19-15-11-6-22-26-12(11)1-2-13(15)24-18-25-16(27-30-18)9-3-10(5-20-4-9)23-17(28)14-7-21-8-29-14;3-2(4,5)1(6)7/h1-8H,(H,22,26)(H,23,28)(H,24,25,27);(H,6,7). The first-order valence-electron chi connectivity index (χ1n) is 9.79. The number of nitrogens with one attached hydrogen (secondary N) is 3. The fraction of sp³-hybridized carbons (Fsp3) is 0.0500.